The number of halogens is 1. The molecule has 2 aromatic carbocycles. The Labute approximate surface area is 161 Å². The number of benzene rings is 2. The van der Waals surface area contributed by atoms with Crippen LogP contribution in [0.15, 0.2) is 54.7 Å². The molecule has 0 fully saturated rings. The number of fused-ring (bicyclic) bond motifs is 1. The largest absolute Gasteiger partial charge is 0.495 e. The number of hydrogen-bond acceptors (Lipinski definition) is 4. The number of para-hydroxylation sites is 1. The summed E-state index contributed by atoms with van der Waals surface area (Å²) in [5, 5.41) is 3.83. The summed E-state index contributed by atoms with van der Waals surface area (Å²) in [6.07, 6.45) is 1.77. The Bertz CT molecular complexity index is 1000. The Hall–Kier alpha value is -3.12. The number of rotatable bonds is 6. The maximum atomic E-state index is 12.7. The summed E-state index contributed by atoms with van der Waals surface area (Å²) in [5.74, 6) is -0.492. The normalized spacial score (nSPS) is 11.8. The zero-order valence-corrected chi connectivity index (χ0v) is 15.4. The van der Waals surface area contributed by atoms with Gasteiger partial charge in [0.05, 0.1) is 23.2 Å². The van der Waals surface area contributed by atoms with Crippen LogP contribution in [0.4, 0.5) is 0 Å². The van der Waals surface area contributed by atoms with Crippen molar-refractivity contribution in [2.24, 2.45) is 5.73 Å². The zero-order chi connectivity index (χ0) is 19.4. The molecule has 0 saturated carbocycles. The van der Waals surface area contributed by atoms with Gasteiger partial charge in [-0.1, -0.05) is 35.9 Å². The number of nitrogens with one attached hydrogen (secondary N) is 1. The molecule has 0 aliphatic heterocycles. The van der Waals surface area contributed by atoms with Crippen molar-refractivity contribution in [3.8, 4) is 5.75 Å². The van der Waals surface area contributed by atoms with Crippen molar-refractivity contribution in [3.63, 3.8) is 0 Å². The predicted octanol–water partition coefficient (Wildman–Crippen LogP) is 2.72. The van der Waals surface area contributed by atoms with E-state index in [-0.39, 0.29) is 6.42 Å². The molecule has 1 atom stereocenters. The van der Waals surface area contributed by atoms with Gasteiger partial charge in [-0.2, -0.15) is 0 Å². The average Bonchev–Trinajstić information content (AvgIpc) is 2.67. The fraction of sp³-hybridized carbons (Fsp3) is 0.150. The molecule has 7 heteroatoms. The van der Waals surface area contributed by atoms with Crippen molar-refractivity contribution in [2.45, 2.75) is 12.5 Å². The van der Waals surface area contributed by atoms with Crippen molar-refractivity contribution in [1.82, 2.24) is 10.3 Å². The van der Waals surface area contributed by atoms with E-state index in [1.54, 1.807) is 36.5 Å². The van der Waals surface area contributed by atoms with Crippen LogP contribution in [0.25, 0.3) is 10.9 Å². The molecule has 0 radical (unpaired) electrons. The Kier molecular flexibility index (Phi) is 5.57. The Morgan fingerprint density at radius 3 is 2.70 bits per heavy atom. The van der Waals surface area contributed by atoms with Gasteiger partial charge in [0.1, 0.15) is 11.8 Å². The van der Waals surface area contributed by atoms with E-state index in [0.29, 0.717) is 27.2 Å². The van der Waals surface area contributed by atoms with E-state index in [2.05, 4.69) is 10.3 Å². The molecular formula is C20H18ClN3O3. The lowest BCUT2D eigenvalue weighted by Crippen LogP contribution is -2.45. The minimum atomic E-state index is -0.881. The van der Waals surface area contributed by atoms with Gasteiger partial charge in [0.25, 0.3) is 5.91 Å². The highest BCUT2D eigenvalue weighted by Gasteiger charge is 2.21. The smallest absolute Gasteiger partial charge is 0.252 e. The second-order valence-electron chi connectivity index (χ2n) is 5.98. The van der Waals surface area contributed by atoms with Crippen molar-refractivity contribution in [2.75, 3.05) is 7.11 Å². The summed E-state index contributed by atoms with van der Waals surface area (Å²) in [6.45, 7) is 0. The van der Waals surface area contributed by atoms with Gasteiger partial charge >= 0.3 is 0 Å². The molecule has 0 saturated heterocycles. The van der Waals surface area contributed by atoms with Crippen molar-refractivity contribution in [3.05, 3.63) is 70.9 Å². The van der Waals surface area contributed by atoms with E-state index >= 15 is 0 Å². The Morgan fingerprint density at radius 1 is 1.22 bits per heavy atom. The summed E-state index contributed by atoms with van der Waals surface area (Å²) in [6, 6.07) is 13.2. The third kappa shape index (κ3) is 4.17. The average molecular weight is 384 g/mol. The van der Waals surface area contributed by atoms with Gasteiger partial charge < -0.3 is 15.8 Å². The van der Waals surface area contributed by atoms with Crippen LogP contribution in [0.3, 0.4) is 0 Å². The van der Waals surface area contributed by atoms with Crippen LogP contribution >= 0.6 is 11.6 Å². The van der Waals surface area contributed by atoms with Crippen LogP contribution in [0.1, 0.15) is 15.9 Å². The van der Waals surface area contributed by atoms with Crippen molar-refractivity contribution >= 4 is 34.3 Å². The van der Waals surface area contributed by atoms with Crippen LogP contribution < -0.4 is 15.8 Å². The molecule has 138 valence electrons. The first-order chi connectivity index (χ1) is 13.0. The van der Waals surface area contributed by atoms with Gasteiger partial charge in [0, 0.05) is 18.0 Å². The minimum absolute atomic E-state index is 0.216. The van der Waals surface area contributed by atoms with Crippen LogP contribution in [0.5, 0.6) is 5.75 Å². The monoisotopic (exact) mass is 383 g/mol. The molecule has 0 spiro atoms. The molecule has 27 heavy (non-hydrogen) atoms. The van der Waals surface area contributed by atoms with Gasteiger partial charge in [-0.3, -0.25) is 14.6 Å². The van der Waals surface area contributed by atoms with Gasteiger partial charge in [-0.15, -0.1) is 0 Å². The highest BCUT2D eigenvalue weighted by Crippen LogP contribution is 2.25. The summed E-state index contributed by atoms with van der Waals surface area (Å²) in [4.78, 5) is 28.9. The molecule has 3 N–H and O–H groups in total. The number of carbonyl (C=O) groups is 2. The van der Waals surface area contributed by atoms with Crippen LogP contribution in [0, 0.1) is 0 Å². The number of nitrogens with two attached hydrogens (primary N) is 1. The number of aromatic nitrogens is 1. The molecule has 6 nitrogen and oxygen atoms in total. The molecule has 2 amide bonds. The molecule has 1 heterocycles. The molecule has 0 bridgehead atoms. The number of pyridine rings is 1. The lowest BCUT2D eigenvalue weighted by atomic mass is 10.0. The van der Waals surface area contributed by atoms with Crippen molar-refractivity contribution in [1.29, 1.82) is 0 Å². The van der Waals surface area contributed by atoms with Crippen LogP contribution in [-0.4, -0.2) is 29.9 Å². The number of amides is 2. The topological polar surface area (TPSA) is 94.3 Å². The highest BCUT2D eigenvalue weighted by molar-refractivity contribution is 6.32. The number of primary amides is 1. The third-order valence-corrected chi connectivity index (χ3v) is 4.49. The van der Waals surface area contributed by atoms with Crippen LogP contribution in [-0.2, 0) is 11.2 Å². The number of hydrogen-bond donors (Lipinski definition) is 2. The fourth-order valence-corrected chi connectivity index (χ4v) is 3.11. The summed E-state index contributed by atoms with van der Waals surface area (Å²) < 4.78 is 5.12. The van der Waals surface area contributed by atoms with E-state index in [4.69, 9.17) is 22.1 Å². The van der Waals surface area contributed by atoms with Crippen molar-refractivity contribution < 1.29 is 14.3 Å². The lowest BCUT2D eigenvalue weighted by Gasteiger charge is -2.17. The SMILES string of the molecule is COc1ccc(C[C@@H](NC(=O)c2ccnc3ccccc23)C(N)=O)cc1Cl. The fourth-order valence-electron chi connectivity index (χ4n) is 2.83. The predicted molar refractivity (Wildman–Crippen MR) is 104 cm³/mol. The van der Waals surface area contributed by atoms with E-state index < -0.39 is 17.9 Å². The van der Waals surface area contributed by atoms with E-state index in [9.17, 15) is 9.59 Å². The van der Waals surface area contributed by atoms with E-state index in [0.717, 1.165) is 5.56 Å². The first kappa shape index (κ1) is 18.7. The molecule has 0 aliphatic rings. The Balaban J connectivity index is 1.83. The van der Waals surface area contributed by atoms with Gasteiger partial charge in [0.2, 0.25) is 5.91 Å². The summed E-state index contributed by atoms with van der Waals surface area (Å²) in [5.41, 5.74) is 7.38. The molecule has 1 aromatic heterocycles. The molecule has 3 aromatic rings. The van der Waals surface area contributed by atoms with Gasteiger partial charge in [0.15, 0.2) is 0 Å². The number of ether oxygens (including phenoxy) is 1. The molecule has 0 unspecified atom stereocenters. The molecule has 3 rings (SSSR count). The van der Waals surface area contributed by atoms with E-state index in [1.165, 1.54) is 7.11 Å². The molecule has 0 aliphatic carbocycles. The second-order valence-corrected chi connectivity index (χ2v) is 6.38. The van der Waals surface area contributed by atoms with Gasteiger partial charge in [-0.05, 0) is 29.8 Å². The maximum absolute atomic E-state index is 12.7. The second kappa shape index (κ2) is 8.05. The highest BCUT2D eigenvalue weighted by atomic mass is 35.5. The Morgan fingerprint density at radius 2 is 2.00 bits per heavy atom. The quantitative estimate of drug-likeness (QED) is 0.684. The lowest BCUT2D eigenvalue weighted by molar-refractivity contribution is -0.119. The maximum Gasteiger partial charge on any atom is 0.252 e. The first-order valence-electron chi connectivity index (χ1n) is 8.26. The molecular weight excluding hydrogens is 366 g/mol. The zero-order valence-electron chi connectivity index (χ0n) is 14.6. The summed E-state index contributed by atoms with van der Waals surface area (Å²) >= 11 is 6.12. The minimum Gasteiger partial charge on any atom is -0.495 e. The standard InChI is InChI=1S/C20H18ClN3O3/c1-27-18-7-6-12(10-15(18)21)11-17(19(22)25)24-20(26)14-8-9-23-16-5-3-2-4-13(14)16/h2-10,17H,11H2,1H3,(H2,22,25)(H,24,26)/t17-/m1/s1. The first-order valence-corrected chi connectivity index (χ1v) is 8.63. The van der Waals surface area contributed by atoms with Gasteiger partial charge in [-0.25, -0.2) is 0 Å². The number of methoxy groups -OCH3 is 1. The van der Waals surface area contributed by atoms with E-state index in [1.807, 2.05) is 18.2 Å². The number of nitrogens with zero attached hydrogens (tertiary/aromatic N) is 1. The third-order valence-electron chi connectivity index (χ3n) is 4.20. The number of carbonyl (C=O) groups excluding carboxylic acids is 2. The summed E-state index contributed by atoms with van der Waals surface area (Å²) in [7, 11) is 1.52. The van der Waals surface area contributed by atoms with Crippen LogP contribution in [0.2, 0.25) is 5.02 Å².